The molecule has 1 atom stereocenters. The van der Waals surface area contributed by atoms with E-state index in [2.05, 4.69) is 5.16 Å². The Morgan fingerprint density at radius 2 is 1.66 bits per heavy atom. The Bertz CT molecular complexity index is 1180. The molecule has 0 N–H and O–H groups in total. The SMILES string of the molecule is O=C(c1cccc(F)c1)N(Cc1ccc(F)cc1F)C[C@H]1CC(c2cccc(F)c2)=NO1. The molecule has 3 aromatic carbocycles. The van der Waals surface area contributed by atoms with E-state index in [1.165, 1.54) is 41.3 Å². The van der Waals surface area contributed by atoms with Gasteiger partial charge in [-0.2, -0.15) is 0 Å². The van der Waals surface area contributed by atoms with Crippen LogP contribution in [0, 0.1) is 23.3 Å². The third kappa shape index (κ3) is 4.96. The lowest BCUT2D eigenvalue weighted by molar-refractivity contribution is 0.0402. The summed E-state index contributed by atoms with van der Waals surface area (Å²) in [5.41, 5.74) is 1.25. The molecule has 1 aliphatic heterocycles. The molecule has 0 aliphatic carbocycles. The number of oxime groups is 1. The first kappa shape index (κ1) is 21.5. The fraction of sp³-hybridized carbons (Fsp3) is 0.167. The summed E-state index contributed by atoms with van der Waals surface area (Å²) in [7, 11) is 0. The highest BCUT2D eigenvalue weighted by Gasteiger charge is 2.28. The van der Waals surface area contributed by atoms with E-state index in [4.69, 9.17) is 4.84 Å². The molecule has 0 fully saturated rings. The van der Waals surface area contributed by atoms with E-state index in [-0.39, 0.29) is 24.2 Å². The van der Waals surface area contributed by atoms with E-state index < -0.39 is 35.3 Å². The molecule has 1 amide bonds. The summed E-state index contributed by atoms with van der Waals surface area (Å²) in [6, 6.07) is 14.1. The Hall–Kier alpha value is -3.68. The molecule has 8 heteroatoms. The summed E-state index contributed by atoms with van der Waals surface area (Å²) in [6.45, 7) is -0.175. The zero-order valence-corrected chi connectivity index (χ0v) is 16.8. The molecule has 0 saturated carbocycles. The van der Waals surface area contributed by atoms with Gasteiger partial charge < -0.3 is 9.74 Å². The first-order valence-electron chi connectivity index (χ1n) is 9.86. The monoisotopic (exact) mass is 442 g/mol. The molecule has 0 aromatic heterocycles. The van der Waals surface area contributed by atoms with Gasteiger partial charge in [-0.05, 0) is 36.4 Å². The van der Waals surface area contributed by atoms with Crippen LogP contribution in [0.4, 0.5) is 17.6 Å². The van der Waals surface area contributed by atoms with Crippen molar-refractivity contribution in [3.63, 3.8) is 0 Å². The van der Waals surface area contributed by atoms with E-state index in [1.807, 2.05) is 0 Å². The number of carbonyl (C=O) groups is 1. The summed E-state index contributed by atoms with van der Waals surface area (Å²) >= 11 is 0. The molecule has 3 aromatic rings. The van der Waals surface area contributed by atoms with Crippen molar-refractivity contribution in [2.45, 2.75) is 19.1 Å². The average molecular weight is 442 g/mol. The second-order valence-corrected chi connectivity index (χ2v) is 7.41. The van der Waals surface area contributed by atoms with Crippen molar-refractivity contribution in [2.24, 2.45) is 5.16 Å². The summed E-state index contributed by atoms with van der Waals surface area (Å²) in [6.07, 6.45) is -0.281. The molecule has 164 valence electrons. The number of benzene rings is 3. The highest BCUT2D eigenvalue weighted by Crippen LogP contribution is 2.21. The first-order chi connectivity index (χ1) is 15.4. The van der Waals surface area contributed by atoms with Gasteiger partial charge >= 0.3 is 0 Å². The van der Waals surface area contributed by atoms with Crippen LogP contribution < -0.4 is 0 Å². The Morgan fingerprint density at radius 1 is 0.938 bits per heavy atom. The smallest absolute Gasteiger partial charge is 0.254 e. The van der Waals surface area contributed by atoms with Crippen LogP contribution in [0.1, 0.15) is 27.9 Å². The van der Waals surface area contributed by atoms with Crippen LogP contribution in [0.15, 0.2) is 71.9 Å². The van der Waals surface area contributed by atoms with Crippen LogP contribution in [-0.2, 0) is 11.4 Å². The number of amides is 1. The Labute approximate surface area is 181 Å². The van der Waals surface area contributed by atoms with Crippen molar-refractivity contribution in [3.05, 3.63) is 107 Å². The van der Waals surface area contributed by atoms with Gasteiger partial charge in [0.1, 0.15) is 23.3 Å². The van der Waals surface area contributed by atoms with Crippen LogP contribution >= 0.6 is 0 Å². The largest absolute Gasteiger partial charge is 0.390 e. The molecule has 0 saturated heterocycles. The minimum atomic E-state index is -0.800. The second-order valence-electron chi connectivity index (χ2n) is 7.41. The predicted molar refractivity (Wildman–Crippen MR) is 110 cm³/mol. The van der Waals surface area contributed by atoms with Gasteiger partial charge in [-0.3, -0.25) is 4.79 Å². The second kappa shape index (κ2) is 9.21. The highest BCUT2D eigenvalue weighted by atomic mass is 19.1. The maximum atomic E-state index is 14.2. The van der Waals surface area contributed by atoms with E-state index in [9.17, 15) is 22.4 Å². The number of carbonyl (C=O) groups excluding carboxylic acids is 1. The van der Waals surface area contributed by atoms with Crippen LogP contribution in [-0.4, -0.2) is 29.2 Å². The Balaban J connectivity index is 1.54. The van der Waals surface area contributed by atoms with Crippen molar-refractivity contribution in [1.29, 1.82) is 0 Å². The van der Waals surface area contributed by atoms with Crippen LogP contribution in [0.25, 0.3) is 0 Å². The summed E-state index contributed by atoms with van der Waals surface area (Å²) < 4.78 is 54.7. The molecule has 0 bridgehead atoms. The van der Waals surface area contributed by atoms with Crippen molar-refractivity contribution >= 4 is 11.6 Å². The topological polar surface area (TPSA) is 41.9 Å². The molecule has 4 rings (SSSR count). The van der Waals surface area contributed by atoms with Crippen molar-refractivity contribution in [1.82, 2.24) is 4.90 Å². The summed E-state index contributed by atoms with van der Waals surface area (Å²) in [5.74, 6) is -3.08. The molecule has 4 nitrogen and oxygen atoms in total. The van der Waals surface area contributed by atoms with E-state index in [1.54, 1.807) is 12.1 Å². The first-order valence-corrected chi connectivity index (χ1v) is 9.86. The van der Waals surface area contributed by atoms with Gasteiger partial charge in [0.15, 0.2) is 6.10 Å². The van der Waals surface area contributed by atoms with Crippen LogP contribution in [0.3, 0.4) is 0 Å². The summed E-state index contributed by atoms with van der Waals surface area (Å²) in [5, 5.41) is 3.99. The molecular weight excluding hydrogens is 424 g/mol. The zero-order valence-electron chi connectivity index (χ0n) is 16.8. The normalized spacial score (nSPS) is 15.2. The van der Waals surface area contributed by atoms with Gasteiger partial charge in [-0.1, -0.05) is 29.4 Å². The van der Waals surface area contributed by atoms with E-state index in [0.29, 0.717) is 17.7 Å². The standard InChI is InChI=1S/C24H18F4N2O2/c25-18-5-1-3-15(9-18)23-12-21(32-29-23)14-30(13-17-7-8-20(27)11-22(17)28)24(31)16-4-2-6-19(26)10-16/h1-11,21H,12-14H2/t21-/m1/s1. The fourth-order valence-corrected chi connectivity index (χ4v) is 3.49. The lowest BCUT2D eigenvalue weighted by Gasteiger charge is -2.25. The summed E-state index contributed by atoms with van der Waals surface area (Å²) in [4.78, 5) is 19.8. The maximum absolute atomic E-state index is 14.2. The highest BCUT2D eigenvalue weighted by molar-refractivity contribution is 6.01. The number of halogens is 4. The third-order valence-corrected chi connectivity index (χ3v) is 5.05. The molecule has 1 aliphatic rings. The van der Waals surface area contributed by atoms with Gasteiger partial charge in [0, 0.05) is 35.7 Å². The van der Waals surface area contributed by atoms with Crippen molar-refractivity contribution < 1.29 is 27.2 Å². The average Bonchev–Trinajstić information content (AvgIpc) is 3.23. The molecular formula is C24H18F4N2O2. The quantitative estimate of drug-likeness (QED) is 0.500. The lowest BCUT2D eigenvalue weighted by Crippen LogP contribution is -2.37. The van der Waals surface area contributed by atoms with Crippen molar-refractivity contribution in [2.75, 3.05) is 6.54 Å². The number of hydrogen-bond acceptors (Lipinski definition) is 3. The molecule has 0 unspecified atom stereocenters. The van der Waals surface area contributed by atoms with Crippen molar-refractivity contribution in [3.8, 4) is 0 Å². The molecule has 32 heavy (non-hydrogen) atoms. The van der Waals surface area contributed by atoms with Crippen LogP contribution in [0.5, 0.6) is 0 Å². The molecule has 0 radical (unpaired) electrons. The van der Waals surface area contributed by atoms with Gasteiger partial charge in [-0.15, -0.1) is 0 Å². The zero-order chi connectivity index (χ0) is 22.7. The minimum absolute atomic E-state index is 0.00841. The Kier molecular flexibility index (Phi) is 6.20. The van der Waals surface area contributed by atoms with Gasteiger partial charge in [0.2, 0.25) is 0 Å². The predicted octanol–water partition coefficient (Wildman–Crippen LogP) is 5.08. The lowest BCUT2D eigenvalue weighted by atomic mass is 10.0. The van der Waals surface area contributed by atoms with E-state index in [0.717, 1.165) is 18.2 Å². The van der Waals surface area contributed by atoms with Gasteiger partial charge in [0.25, 0.3) is 5.91 Å². The van der Waals surface area contributed by atoms with Gasteiger partial charge in [0.05, 0.1) is 12.3 Å². The molecule has 0 spiro atoms. The number of hydrogen-bond donors (Lipinski definition) is 0. The minimum Gasteiger partial charge on any atom is -0.390 e. The van der Waals surface area contributed by atoms with Gasteiger partial charge in [-0.25, -0.2) is 17.6 Å². The Morgan fingerprint density at radius 3 is 2.38 bits per heavy atom. The number of rotatable bonds is 6. The third-order valence-electron chi connectivity index (χ3n) is 5.05. The fourth-order valence-electron chi connectivity index (χ4n) is 3.49. The van der Waals surface area contributed by atoms with Crippen LogP contribution in [0.2, 0.25) is 0 Å². The van der Waals surface area contributed by atoms with E-state index >= 15 is 0 Å². The maximum Gasteiger partial charge on any atom is 0.254 e. The number of nitrogens with zero attached hydrogens (tertiary/aromatic N) is 2. The molecule has 1 heterocycles.